The number of likely N-dealkylation sites (tertiary alicyclic amines) is 2. The van der Waals surface area contributed by atoms with Crippen LogP contribution >= 0.6 is 0 Å². The van der Waals surface area contributed by atoms with E-state index in [0.717, 1.165) is 30.8 Å². The van der Waals surface area contributed by atoms with Gasteiger partial charge in [-0.1, -0.05) is 27.7 Å². The number of fused-ring (bicyclic) bond motifs is 1. The Morgan fingerprint density at radius 2 is 1.59 bits per heavy atom. The Morgan fingerprint density at radius 3 is 2.00 bits per heavy atom. The highest BCUT2D eigenvalue weighted by Gasteiger charge is 2.41. The molecule has 2 aliphatic heterocycles. The van der Waals surface area contributed by atoms with E-state index in [4.69, 9.17) is 0 Å². The van der Waals surface area contributed by atoms with Gasteiger partial charge in [-0.25, -0.2) is 0 Å². The lowest BCUT2D eigenvalue weighted by molar-refractivity contribution is -0.133. The van der Waals surface area contributed by atoms with Crippen LogP contribution in [0.15, 0.2) is 0 Å². The molecule has 0 aromatic carbocycles. The number of hydrogen-bond donors (Lipinski definition) is 0. The van der Waals surface area contributed by atoms with Crippen LogP contribution < -0.4 is 0 Å². The number of amides is 1. The maximum absolute atomic E-state index is 11.9. The first-order chi connectivity index (χ1) is 7.97. The van der Waals surface area contributed by atoms with Crippen molar-refractivity contribution in [1.82, 2.24) is 9.80 Å². The Morgan fingerprint density at radius 1 is 1.06 bits per heavy atom. The van der Waals surface area contributed by atoms with Gasteiger partial charge in [-0.05, 0) is 17.8 Å². The lowest BCUT2D eigenvalue weighted by Crippen LogP contribution is -2.36. The number of carbonyl (C=O) groups is 1. The van der Waals surface area contributed by atoms with Crippen molar-refractivity contribution >= 4 is 5.91 Å². The highest BCUT2D eigenvalue weighted by atomic mass is 16.2. The van der Waals surface area contributed by atoms with Gasteiger partial charge in [-0.2, -0.15) is 0 Å². The summed E-state index contributed by atoms with van der Waals surface area (Å²) in [5.41, 5.74) is 0. The van der Waals surface area contributed by atoms with E-state index in [2.05, 4.69) is 23.6 Å². The summed E-state index contributed by atoms with van der Waals surface area (Å²) < 4.78 is 0. The Labute approximate surface area is 105 Å². The lowest BCUT2D eigenvalue weighted by atomic mass is 10.0. The van der Waals surface area contributed by atoms with Gasteiger partial charge in [0.05, 0.1) is 0 Å². The molecule has 98 valence electrons. The maximum atomic E-state index is 11.9. The third kappa shape index (κ3) is 2.82. The molecule has 0 aromatic heterocycles. The molecular weight excluding hydrogens is 212 g/mol. The Bertz CT molecular complexity index is 274. The zero-order chi connectivity index (χ0) is 12.6. The van der Waals surface area contributed by atoms with Crippen LogP contribution in [0.5, 0.6) is 0 Å². The van der Waals surface area contributed by atoms with E-state index in [1.807, 2.05) is 13.8 Å². The molecule has 2 saturated heterocycles. The molecule has 0 radical (unpaired) electrons. The van der Waals surface area contributed by atoms with E-state index < -0.39 is 0 Å². The molecule has 17 heavy (non-hydrogen) atoms. The second-order valence-corrected chi connectivity index (χ2v) is 6.53. The summed E-state index contributed by atoms with van der Waals surface area (Å²) in [4.78, 5) is 16.6. The largest absolute Gasteiger partial charge is 0.342 e. The first-order valence-electron chi connectivity index (χ1n) is 6.98. The van der Waals surface area contributed by atoms with Crippen molar-refractivity contribution in [2.24, 2.45) is 23.7 Å². The first-order valence-corrected chi connectivity index (χ1v) is 6.98. The van der Waals surface area contributed by atoms with Crippen molar-refractivity contribution < 1.29 is 4.79 Å². The predicted molar refractivity (Wildman–Crippen MR) is 69.7 cm³/mol. The second-order valence-electron chi connectivity index (χ2n) is 6.53. The van der Waals surface area contributed by atoms with Gasteiger partial charge in [0.25, 0.3) is 0 Å². The number of nitrogens with zero attached hydrogens (tertiary/aromatic N) is 2. The van der Waals surface area contributed by atoms with Crippen molar-refractivity contribution in [2.45, 2.75) is 27.7 Å². The third-order valence-electron chi connectivity index (χ3n) is 3.99. The van der Waals surface area contributed by atoms with Gasteiger partial charge in [-0.15, -0.1) is 0 Å². The fourth-order valence-electron chi connectivity index (χ4n) is 3.30. The van der Waals surface area contributed by atoms with E-state index >= 15 is 0 Å². The summed E-state index contributed by atoms with van der Waals surface area (Å²) in [6, 6.07) is 0. The summed E-state index contributed by atoms with van der Waals surface area (Å²) in [5, 5.41) is 0. The van der Waals surface area contributed by atoms with Crippen LogP contribution in [0.25, 0.3) is 0 Å². The molecule has 2 atom stereocenters. The average Bonchev–Trinajstić information content (AvgIpc) is 2.72. The molecule has 0 N–H and O–H groups in total. The fraction of sp³-hybridized carbons (Fsp3) is 0.929. The van der Waals surface area contributed by atoms with Crippen molar-refractivity contribution in [2.75, 3.05) is 32.7 Å². The Balaban J connectivity index is 1.85. The number of carbonyl (C=O) groups excluding carboxylic acids is 1. The molecule has 0 bridgehead atoms. The molecule has 0 saturated carbocycles. The molecule has 2 fully saturated rings. The molecule has 3 nitrogen and oxygen atoms in total. The summed E-state index contributed by atoms with van der Waals surface area (Å²) in [5.74, 6) is 2.71. The van der Waals surface area contributed by atoms with Gasteiger partial charge in [0.1, 0.15) is 0 Å². The average molecular weight is 238 g/mol. The van der Waals surface area contributed by atoms with E-state index in [-0.39, 0.29) is 5.92 Å². The molecule has 1 amide bonds. The molecule has 2 aliphatic rings. The summed E-state index contributed by atoms with van der Waals surface area (Å²) in [6.07, 6.45) is 0. The SMILES string of the molecule is CC(C)CN1C[C@H]2CN(C(=O)C(C)C)C[C@@H]2C1. The number of rotatable bonds is 3. The maximum Gasteiger partial charge on any atom is 0.225 e. The van der Waals surface area contributed by atoms with Gasteiger partial charge in [0.15, 0.2) is 0 Å². The highest BCUT2D eigenvalue weighted by molar-refractivity contribution is 5.78. The summed E-state index contributed by atoms with van der Waals surface area (Å²) in [6.45, 7) is 14.2. The predicted octanol–water partition coefficient (Wildman–Crippen LogP) is 1.69. The Hall–Kier alpha value is -0.570. The molecule has 2 rings (SSSR count). The summed E-state index contributed by atoms with van der Waals surface area (Å²) >= 11 is 0. The lowest BCUT2D eigenvalue weighted by Gasteiger charge is -2.23. The van der Waals surface area contributed by atoms with E-state index in [1.165, 1.54) is 19.6 Å². The molecular formula is C14H26N2O. The van der Waals surface area contributed by atoms with Crippen molar-refractivity contribution in [3.63, 3.8) is 0 Å². The van der Waals surface area contributed by atoms with Crippen LogP contribution in [0.2, 0.25) is 0 Å². The zero-order valence-electron chi connectivity index (χ0n) is 11.6. The van der Waals surface area contributed by atoms with Crippen molar-refractivity contribution in [3.05, 3.63) is 0 Å². The standard InChI is InChI=1S/C14H26N2O/c1-10(2)5-15-6-12-8-16(9-13(12)7-15)14(17)11(3)4/h10-13H,5-9H2,1-4H3/t12-,13-/m0/s1. The van der Waals surface area contributed by atoms with Crippen molar-refractivity contribution in [1.29, 1.82) is 0 Å². The normalized spacial score (nSPS) is 29.4. The van der Waals surface area contributed by atoms with Crippen LogP contribution in [-0.4, -0.2) is 48.4 Å². The third-order valence-corrected chi connectivity index (χ3v) is 3.99. The van der Waals surface area contributed by atoms with Crippen LogP contribution in [0.4, 0.5) is 0 Å². The van der Waals surface area contributed by atoms with Gasteiger partial charge >= 0.3 is 0 Å². The molecule has 3 heteroatoms. The molecule has 2 heterocycles. The first kappa shape index (κ1) is 12.9. The molecule has 0 aliphatic carbocycles. The minimum atomic E-state index is 0.153. The zero-order valence-corrected chi connectivity index (χ0v) is 11.6. The highest BCUT2D eigenvalue weighted by Crippen LogP contribution is 2.32. The van der Waals surface area contributed by atoms with E-state index in [1.54, 1.807) is 0 Å². The van der Waals surface area contributed by atoms with Crippen LogP contribution in [-0.2, 0) is 4.79 Å². The van der Waals surface area contributed by atoms with Gasteiger partial charge in [-0.3, -0.25) is 4.79 Å². The monoisotopic (exact) mass is 238 g/mol. The molecule has 0 unspecified atom stereocenters. The quantitative estimate of drug-likeness (QED) is 0.747. The fourth-order valence-corrected chi connectivity index (χ4v) is 3.30. The number of hydrogen-bond acceptors (Lipinski definition) is 2. The van der Waals surface area contributed by atoms with Gasteiger partial charge in [0, 0.05) is 38.6 Å². The van der Waals surface area contributed by atoms with Crippen LogP contribution in [0.3, 0.4) is 0 Å². The topological polar surface area (TPSA) is 23.6 Å². The van der Waals surface area contributed by atoms with E-state index in [0.29, 0.717) is 5.91 Å². The van der Waals surface area contributed by atoms with Gasteiger partial charge in [0.2, 0.25) is 5.91 Å². The summed E-state index contributed by atoms with van der Waals surface area (Å²) in [7, 11) is 0. The minimum Gasteiger partial charge on any atom is -0.342 e. The van der Waals surface area contributed by atoms with Gasteiger partial charge < -0.3 is 9.80 Å². The molecule has 0 aromatic rings. The van der Waals surface area contributed by atoms with Crippen molar-refractivity contribution in [3.8, 4) is 0 Å². The minimum absolute atomic E-state index is 0.153. The van der Waals surface area contributed by atoms with Crippen LogP contribution in [0.1, 0.15) is 27.7 Å². The Kier molecular flexibility index (Phi) is 3.76. The smallest absolute Gasteiger partial charge is 0.225 e. The van der Waals surface area contributed by atoms with Crippen LogP contribution in [0, 0.1) is 23.7 Å². The molecule has 0 spiro atoms. The second kappa shape index (κ2) is 4.97. The van der Waals surface area contributed by atoms with E-state index in [9.17, 15) is 4.79 Å².